The smallest absolute Gasteiger partial charge is 0.295 e. The zero-order valence-electron chi connectivity index (χ0n) is 8.37. The van der Waals surface area contributed by atoms with Crippen molar-refractivity contribution in [3.05, 3.63) is 35.4 Å². The van der Waals surface area contributed by atoms with Gasteiger partial charge in [-0.15, -0.1) is 0 Å². The summed E-state index contributed by atoms with van der Waals surface area (Å²) < 4.78 is 11.1. The summed E-state index contributed by atoms with van der Waals surface area (Å²) in [7, 11) is 0. The molecule has 84 valence electrons. The molecular weight excluding hydrogens is 288 g/mol. The molecule has 17 heavy (non-hydrogen) atoms. The third kappa shape index (κ3) is 1.84. The third-order valence-electron chi connectivity index (χ3n) is 2.03. The Balaban J connectivity index is 2.02. The van der Waals surface area contributed by atoms with E-state index in [2.05, 4.69) is 36.0 Å². The fourth-order valence-corrected chi connectivity index (χ4v) is 1.65. The van der Waals surface area contributed by atoms with E-state index in [0.29, 0.717) is 23.2 Å². The number of nitrogens with zero attached hydrogens (tertiary/aromatic N) is 4. The molecule has 3 aromatic rings. The number of hydrogen-bond acceptors (Lipinski definition) is 6. The van der Waals surface area contributed by atoms with Gasteiger partial charge in [0.1, 0.15) is 5.69 Å². The van der Waals surface area contributed by atoms with E-state index in [0.717, 1.165) is 4.47 Å². The summed E-state index contributed by atoms with van der Waals surface area (Å²) in [6.45, 7) is 0. The second-order valence-electron chi connectivity index (χ2n) is 3.11. The van der Waals surface area contributed by atoms with Crippen LogP contribution in [0.2, 0.25) is 0 Å². The minimum absolute atomic E-state index is 0.294. The van der Waals surface area contributed by atoms with Crippen LogP contribution < -0.4 is 0 Å². The third-order valence-corrected chi connectivity index (χ3v) is 2.65. The first-order valence-electron chi connectivity index (χ1n) is 4.68. The molecule has 0 radical (unpaired) electrons. The second-order valence-corrected chi connectivity index (χ2v) is 3.97. The molecule has 0 spiro atoms. The average Bonchev–Trinajstić information content (AvgIpc) is 2.98. The van der Waals surface area contributed by atoms with Gasteiger partial charge in [0.25, 0.3) is 5.89 Å². The van der Waals surface area contributed by atoms with Gasteiger partial charge in [0, 0.05) is 12.4 Å². The Bertz CT molecular complexity index is 635. The Hall–Kier alpha value is -2.02. The second kappa shape index (κ2) is 4.10. The Morgan fingerprint density at radius 2 is 2.18 bits per heavy atom. The molecule has 0 unspecified atom stereocenters. The lowest BCUT2D eigenvalue weighted by molar-refractivity contribution is 0.416. The minimum atomic E-state index is 0.294. The van der Waals surface area contributed by atoms with Gasteiger partial charge in [-0.3, -0.25) is 4.98 Å². The molecule has 0 fully saturated rings. The normalized spacial score (nSPS) is 10.6. The molecule has 0 aliphatic carbocycles. The summed E-state index contributed by atoms with van der Waals surface area (Å²) in [5.74, 6) is 1.16. The van der Waals surface area contributed by atoms with E-state index < -0.39 is 0 Å². The maximum absolute atomic E-state index is 5.22. The first-order chi connectivity index (χ1) is 8.34. The largest absolute Gasteiger partial charge is 0.458 e. The Labute approximate surface area is 104 Å². The van der Waals surface area contributed by atoms with Crippen LogP contribution in [-0.2, 0) is 0 Å². The number of furan rings is 1. The topological polar surface area (TPSA) is 77.8 Å². The fourth-order valence-electron chi connectivity index (χ4n) is 1.28. The Morgan fingerprint density at radius 3 is 2.88 bits per heavy atom. The van der Waals surface area contributed by atoms with Gasteiger partial charge in [-0.2, -0.15) is 4.98 Å². The van der Waals surface area contributed by atoms with Crippen molar-refractivity contribution in [2.75, 3.05) is 0 Å². The van der Waals surface area contributed by atoms with E-state index >= 15 is 0 Å². The zero-order valence-corrected chi connectivity index (χ0v) is 9.96. The lowest BCUT2D eigenvalue weighted by Crippen LogP contribution is -1.85. The highest BCUT2D eigenvalue weighted by Gasteiger charge is 2.16. The van der Waals surface area contributed by atoms with Crippen LogP contribution in [0.1, 0.15) is 0 Å². The highest BCUT2D eigenvalue weighted by atomic mass is 79.9. The highest BCUT2D eigenvalue weighted by Crippen LogP contribution is 2.28. The molecule has 0 atom stereocenters. The molecule has 3 heterocycles. The molecular formula is C10H5BrN4O2. The lowest BCUT2D eigenvalue weighted by atomic mass is 10.4. The molecule has 3 rings (SSSR count). The van der Waals surface area contributed by atoms with E-state index in [4.69, 9.17) is 8.94 Å². The summed E-state index contributed by atoms with van der Waals surface area (Å²) in [6, 6.07) is 1.75. The average molecular weight is 293 g/mol. The zero-order chi connectivity index (χ0) is 11.7. The fraction of sp³-hybridized carbons (Fsp3) is 0. The predicted molar refractivity (Wildman–Crippen MR) is 60.7 cm³/mol. The maximum atomic E-state index is 5.22. The number of hydrogen-bond donors (Lipinski definition) is 0. The highest BCUT2D eigenvalue weighted by molar-refractivity contribution is 9.10. The van der Waals surface area contributed by atoms with E-state index in [9.17, 15) is 0 Å². The molecule has 0 aromatic carbocycles. The summed E-state index contributed by atoms with van der Waals surface area (Å²) in [5, 5.41) is 3.81. The first-order valence-corrected chi connectivity index (χ1v) is 5.47. The van der Waals surface area contributed by atoms with Gasteiger partial charge >= 0.3 is 0 Å². The monoisotopic (exact) mass is 292 g/mol. The Kier molecular flexibility index (Phi) is 2.45. The van der Waals surface area contributed by atoms with Gasteiger partial charge in [-0.05, 0) is 22.0 Å². The molecule has 0 aliphatic heterocycles. The van der Waals surface area contributed by atoms with Crippen molar-refractivity contribution >= 4 is 15.9 Å². The van der Waals surface area contributed by atoms with E-state index in [1.165, 1.54) is 6.26 Å². The molecule has 7 heteroatoms. The van der Waals surface area contributed by atoms with Crippen LogP contribution in [0, 0.1) is 0 Å². The standard InChI is InChI=1S/C10H5BrN4O2/c11-6-1-4-16-8(6)10-14-9(15-17-10)7-5-12-2-3-13-7/h1-5H. The number of rotatable bonds is 2. The van der Waals surface area contributed by atoms with Crippen LogP contribution in [0.4, 0.5) is 0 Å². The summed E-state index contributed by atoms with van der Waals surface area (Å²) in [6.07, 6.45) is 6.24. The van der Waals surface area contributed by atoms with Gasteiger partial charge in [0.05, 0.1) is 16.9 Å². The maximum Gasteiger partial charge on any atom is 0.295 e. The van der Waals surface area contributed by atoms with E-state index in [1.807, 2.05) is 0 Å². The Morgan fingerprint density at radius 1 is 1.24 bits per heavy atom. The summed E-state index contributed by atoms with van der Waals surface area (Å²) in [5.41, 5.74) is 0.546. The van der Waals surface area contributed by atoms with Gasteiger partial charge in [0.2, 0.25) is 11.6 Å². The quantitative estimate of drug-likeness (QED) is 0.722. The molecule has 0 bridgehead atoms. The van der Waals surface area contributed by atoms with Crippen molar-refractivity contribution in [2.24, 2.45) is 0 Å². The van der Waals surface area contributed by atoms with E-state index in [-0.39, 0.29) is 0 Å². The van der Waals surface area contributed by atoms with Crippen LogP contribution in [0.5, 0.6) is 0 Å². The van der Waals surface area contributed by atoms with Crippen molar-refractivity contribution < 1.29 is 8.94 Å². The molecule has 0 aliphatic rings. The van der Waals surface area contributed by atoms with Crippen LogP contribution in [0.25, 0.3) is 23.2 Å². The van der Waals surface area contributed by atoms with Crippen LogP contribution >= 0.6 is 15.9 Å². The SMILES string of the molecule is Brc1ccoc1-c1nc(-c2cnccn2)no1. The first kappa shape index (κ1) is 10.2. The van der Waals surface area contributed by atoms with Crippen LogP contribution in [0.15, 0.2) is 44.3 Å². The van der Waals surface area contributed by atoms with Crippen molar-refractivity contribution in [1.29, 1.82) is 0 Å². The van der Waals surface area contributed by atoms with Crippen LogP contribution in [0.3, 0.4) is 0 Å². The molecule has 6 nitrogen and oxygen atoms in total. The lowest BCUT2D eigenvalue weighted by Gasteiger charge is -1.89. The van der Waals surface area contributed by atoms with Gasteiger partial charge in [-0.25, -0.2) is 4.98 Å². The molecule has 0 N–H and O–H groups in total. The summed E-state index contributed by atoms with van der Waals surface area (Å²) in [4.78, 5) is 12.2. The minimum Gasteiger partial charge on any atom is -0.458 e. The molecule has 0 saturated heterocycles. The van der Waals surface area contributed by atoms with Crippen molar-refractivity contribution in [3.63, 3.8) is 0 Å². The number of aromatic nitrogens is 4. The van der Waals surface area contributed by atoms with Gasteiger partial charge in [-0.1, -0.05) is 5.16 Å². The van der Waals surface area contributed by atoms with Gasteiger partial charge < -0.3 is 8.94 Å². The van der Waals surface area contributed by atoms with Gasteiger partial charge in [0.15, 0.2) is 0 Å². The summed E-state index contributed by atoms with van der Waals surface area (Å²) >= 11 is 3.32. The predicted octanol–water partition coefficient (Wildman–Crippen LogP) is 2.55. The van der Waals surface area contributed by atoms with Crippen molar-refractivity contribution in [2.45, 2.75) is 0 Å². The van der Waals surface area contributed by atoms with E-state index in [1.54, 1.807) is 24.7 Å². The van der Waals surface area contributed by atoms with Crippen molar-refractivity contribution in [1.82, 2.24) is 20.1 Å². The van der Waals surface area contributed by atoms with Crippen molar-refractivity contribution in [3.8, 4) is 23.2 Å². The molecule has 3 aromatic heterocycles. The van der Waals surface area contributed by atoms with Crippen LogP contribution in [-0.4, -0.2) is 20.1 Å². The molecule has 0 amide bonds. The molecule has 0 saturated carbocycles. The number of halogens is 1.